The van der Waals surface area contributed by atoms with E-state index in [0.717, 1.165) is 12.1 Å². The van der Waals surface area contributed by atoms with Crippen LogP contribution in [0.5, 0.6) is 0 Å². The zero-order chi connectivity index (χ0) is 9.84. The van der Waals surface area contributed by atoms with Crippen LogP contribution >= 0.6 is 15.9 Å². The lowest BCUT2D eigenvalue weighted by Gasteiger charge is -2.05. The average molecular weight is 244 g/mol. The molecular formula is C9H10BrNO2. The van der Waals surface area contributed by atoms with Gasteiger partial charge in [-0.1, -0.05) is 28.9 Å². The van der Waals surface area contributed by atoms with Crippen molar-refractivity contribution in [2.75, 3.05) is 0 Å². The van der Waals surface area contributed by atoms with Crippen molar-refractivity contribution in [2.24, 2.45) is 0 Å². The first kappa shape index (κ1) is 10.2. The Morgan fingerprint density at radius 2 is 2.38 bits per heavy atom. The van der Waals surface area contributed by atoms with Crippen molar-refractivity contribution in [1.82, 2.24) is 4.98 Å². The monoisotopic (exact) mass is 243 g/mol. The minimum atomic E-state index is -0.988. The van der Waals surface area contributed by atoms with E-state index in [4.69, 9.17) is 5.11 Å². The second-order valence-corrected chi connectivity index (χ2v) is 3.73. The minimum absolute atomic E-state index is 0.0930. The highest BCUT2D eigenvalue weighted by Crippen LogP contribution is 2.23. The van der Waals surface area contributed by atoms with Crippen molar-refractivity contribution in [1.29, 1.82) is 0 Å². The van der Waals surface area contributed by atoms with Crippen molar-refractivity contribution >= 4 is 21.9 Å². The summed E-state index contributed by atoms with van der Waals surface area (Å²) >= 11 is 3.41. The van der Waals surface area contributed by atoms with Gasteiger partial charge in [-0.05, 0) is 18.6 Å². The Morgan fingerprint density at radius 3 is 2.92 bits per heavy atom. The van der Waals surface area contributed by atoms with Gasteiger partial charge < -0.3 is 5.11 Å². The van der Waals surface area contributed by atoms with Crippen molar-refractivity contribution in [3.63, 3.8) is 0 Å². The summed E-state index contributed by atoms with van der Waals surface area (Å²) in [4.78, 5) is 14.7. The van der Waals surface area contributed by atoms with Gasteiger partial charge in [0.1, 0.15) is 5.69 Å². The van der Waals surface area contributed by atoms with E-state index in [0.29, 0.717) is 0 Å². The number of halogens is 1. The molecule has 1 aromatic heterocycles. The Bertz CT molecular complexity index is 314. The standard InChI is InChI=1S/C9H10BrNO2/c1-2-6(10)7-4-3-5-8(11-7)9(12)13/h3-6H,2H2,1H3,(H,12,13). The number of nitrogens with zero attached hydrogens (tertiary/aromatic N) is 1. The van der Waals surface area contributed by atoms with Crippen molar-refractivity contribution in [2.45, 2.75) is 18.2 Å². The molecule has 13 heavy (non-hydrogen) atoms. The fraction of sp³-hybridized carbons (Fsp3) is 0.333. The summed E-state index contributed by atoms with van der Waals surface area (Å²) in [7, 11) is 0. The largest absolute Gasteiger partial charge is 0.477 e. The molecule has 0 amide bonds. The minimum Gasteiger partial charge on any atom is -0.477 e. The fourth-order valence-electron chi connectivity index (χ4n) is 0.954. The highest BCUT2D eigenvalue weighted by Gasteiger charge is 2.09. The first-order valence-electron chi connectivity index (χ1n) is 3.99. The molecule has 3 nitrogen and oxygen atoms in total. The van der Waals surface area contributed by atoms with Crippen molar-refractivity contribution in [3.05, 3.63) is 29.6 Å². The number of alkyl halides is 1. The number of hydrogen-bond donors (Lipinski definition) is 1. The maximum atomic E-state index is 10.6. The van der Waals surface area contributed by atoms with Crippen LogP contribution in [0.25, 0.3) is 0 Å². The molecule has 0 fully saturated rings. The lowest BCUT2D eigenvalue weighted by Crippen LogP contribution is -2.03. The summed E-state index contributed by atoms with van der Waals surface area (Å²) in [6.07, 6.45) is 0.885. The topological polar surface area (TPSA) is 50.2 Å². The van der Waals surface area contributed by atoms with Crippen LogP contribution in [-0.2, 0) is 0 Å². The zero-order valence-corrected chi connectivity index (χ0v) is 8.78. The predicted octanol–water partition coefficient (Wildman–Crippen LogP) is 2.63. The number of carboxylic acids is 1. The first-order valence-corrected chi connectivity index (χ1v) is 4.91. The van der Waals surface area contributed by atoms with Crippen LogP contribution < -0.4 is 0 Å². The summed E-state index contributed by atoms with van der Waals surface area (Å²) in [5.74, 6) is -0.988. The third-order valence-corrected chi connectivity index (χ3v) is 2.79. The Balaban J connectivity index is 2.98. The highest BCUT2D eigenvalue weighted by molar-refractivity contribution is 9.09. The van der Waals surface area contributed by atoms with E-state index in [1.165, 1.54) is 6.07 Å². The van der Waals surface area contributed by atoms with Gasteiger partial charge >= 0.3 is 5.97 Å². The van der Waals surface area contributed by atoms with Gasteiger partial charge in [-0.25, -0.2) is 9.78 Å². The number of aromatic carboxylic acids is 1. The van der Waals surface area contributed by atoms with E-state index in [9.17, 15) is 4.79 Å². The second-order valence-electron chi connectivity index (χ2n) is 2.63. The van der Waals surface area contributed by atoms with Gasteiger partial charge in [-0.3, -0.25) is 0 Å². The molecule has 1 rings (SSSR count). The van der Waals surface area contributed by atoms with Crippen LogP contribution in [0.4, 0.5) is 0 Å². The van der Waals surface area contributed by atoms with E-state index in [2.05, 4.69) is 20.9 Å². The lowest BCUT2D eigenvalue weighted by atomic mass is 10.2. The summed E-state index contributed by atoms with van der Waals surface area (Å²) in [6.45, 7) is 2.01. The molecule has 4 heteroatoms. The molecule has 1 N–H and O–H groups in total. The molecule has 0 aliphatic carbocycles. The number of pyridine rings is 1. The molecule has 70 valence electrons. The number of carbonyl (C=O) groups is 1. The van der Waals surface area contributed by atoms with Crippen LogP contribution in [0.15, 0.2) is 18.2 Å². The highest BCUT2D eigenvalue weighted by atomic mass is 79.9. The van der Waals surface area contributed by atoms with Crippen molar-refractivity contribution < 1.29 is 9.90 Å². The molecule has 1 aromatic rings. The summed E-state index contributed by atoms with van der Waals surface area (Å²) in [5.41, 5.74) is 0.859. The molecule has 0 aliphatic heterocycles. The number of hydrogen-bond acceptors (Lipinski definition) is 2. The van der Waals surface area contributed by atoms with E-state index >= 15 is 0 Å². The molecule has 1 heterocycles. The molecule has 1 atom stereocenters. The fourth-order valence-corrected chi connectivity index (χ4v) is 1.21. The Kier molecular flexibility index (Phi) is 3.42. The average Bonchev–Trinajstić information content (AvgIpc) is 2.17. The van der Waals surface area contributed by atoms with Gasteiger partial charge in [0.25, 0.3) is 0 Å². The first-order chi connectivity index (χ1) is 6.15. The van der Waals surface area contributed by atoms with Gasteiger partial charge in [0.05, 0.1) is 10.5 Å². The Hall–Kier alpha value is -0.900. The molecule has 0 saturated carbocycles. The van der Waals surface area contributed by atoms with Gasteiger partial charge in [0.2, 0.25) is 0 Å². The van der Waals surface area contributed by atoms with E-state index in [1.807, 2.05) is 13.0 Å². The Morgan fingerprint density at radius 1 is 1.69 bits per heavy atom. The van der Waals surface area contributed by atoms with Gasteiger partial charge in [-0.2, -0.15) is 0 Å². The number of aromatic nitrogens is 1. The second kappa shape index (κ2) is 4.37. The van der Waals surface area contributed by atoms with Gasteiger partial charge in [0.15, 0.2) is 0 Å². The molecule has 0 bridgehead atoms. The summed E-state index contributed by atoms with van der Waals surface area (Å²) in [5, 5.41) is 8.69. The molecule has 0 radical (unpaired) electrons. The molecule has 0 saturated heterocycles. The SMILES string of the molecule is CCC(Br)c1cccc(C(=O)O)n1. The smallest absolute Gasteiger partial charge is 0.354 e. The number of carboxylic acid groups (broad SMARTS) is 1. The normalized spacial score (nSPS) is 12.5. The van der Waals surface area contributed by atoms with Crippen LogP contribution in [0.3, 0.4) is 0 Å². The predicted molar refractivity (Wildman–Crippen MR) is 53.2 cm³/mol. The van der Waals surface area contributed by atoms with Gasteiger partial charge in [0, 0.05) is 0 Å². The zero-order valence-electron chi connectivity index (χ0n) is 7.20. The summed E-state index contributed by atoms with van der Waals surface area (Å²) < 4.78 is 0. The Labute approximate surface area is 84.9 Å². The van der Waals surface area contributed by atoms with E-state index in [1.54, 1.807) is 6.07 Å². The molecular weight excluding hydrogens is 234 g/mol. The van der Waals surface area contributed by atoms with Crippen molar-refractivity contribution in [3.8, 4) is 0 Å². The van der Waals surface area contributed by atoms with E-state index < -0.39 is 5.97 Å². The maximum Gasteiger partial charge on any atom is 0.354 e. The van der Waals surface area contributed by atoms with Crippen LogP contribution in [0.2, 0.25) is 0 Å². The van der Waals surface area contributed by atoms with Crippen LogP contribution in [0.1, 0.15) is 34.4 Å². The molecule has 1 unspecified atom stereocenters. The third-order valence-electron chi connectivity index (χ3n) is 1.67. The third kappa shape index (κ3) is 2.52. The van der Waals surface area contributed by atoms with Gasteiger partial charge in [-0.15, -0.1) is 0 Å². The molecule has 0 aromatic carbocycles. The van der Waals surface area contributed by atoms with Crippen LogP contribution in [0, 0.1) is 0 Å². The molecule has 0 spiro atoms. The van der Waals surface area contributed by atoms with E-state index in [-0.39, 0.29) is 10.5 Å². The molecule has 0 aliphatic rings. The number of rotatable bonds is 3. The quantitative estimate of drug-likeness (QED) is 0.831. The lowest BCUT2D eigenvalue weighted by molar-refractivity contribution is 0.0690. The van der Waals surface area contributed by atoms with Crippen LogP contribution in [-0.4, -0.2) is 16.1 Å². The maximum absolute atomic E-state index is 10.6. The summed E-state index contributed by atoms with van der Waals surface area (Å²) in [6, 6.07) is 5.01.